The van der Waals surface area contributed by atoms with Gasteiger partial charge in [-0.05, 0) is 13.3 Å². The molecule has 0 radical (unpaired) electrons. The highest BCUT2D eigenvalue weighted by Crippen LogP contribution is 2.17. The zero-order chi connectivity index (χ0) is 9.80. The lowest BCUT2D eigenvalue weighted by Gasteiger charge is -2.18. The normalized spacial score (nSPS) is 40.5. The number of ether oxygens (including phenoxy) is 2. The van der Waals surface area contributed by atoms with Gasteiger partial charge in [0.25, 0.3) is 0 Å². The third kappa shape index (κ3) is 2.92. The first-order valence-electron chi connectivity index (χ1n) is 5.52. The minimum atomic E-state index is 0.425. The van der Waals surface area contributed by atoms with E-state index < -0.39 is 0 Å². The van der Waals surface area contributed by atoms with Crippen molar-refractivity contribution in [3.8, 4) is 0 Å². The van der Waals surface area contributed by atoms with E-state index in [1.807, 2.05) is 0 Å². The Kier molecular flexibility index (Phi) is 3.75. The summed E-state index contributed by atoms with van der Waals surface area (Å²) in [6.07, 6.45) is 2.23. The molecular weight excluding hydrogens is 180 g/mol. The summed E-state index contributed by atoms with van der Waals surface area (Å²) in [5.41, 5.74) is 0. The van der Waals surface area contributed by atoms with E-state index in [4.69, 9.17) is 9.47 Å². The van der Waals surface area contributed by atoms with Crippen LogP contribution >= 0.6 is 0 Å². The second kappa shape index (κ2) is 5.07. The highest BCUT2D eigenvalue weighted by molar-refractivity contribution is 4.87. The number of hydrogen-bond acceptors (Lipinski definition) is 4. The van der Waals surface area contributed by atoms with E-state index in [9.17, 15) is 0 Å². The predicted octanol–water partition coefficient (Wildman–Crippen LogP) is -0.258. The molecule has 2 bridgehead atoms. The summed E-state index contributed by atoms with van der Waals surface area (Å²) in [6, 6.07) is 0.699. The van der Waals surface area contributed by atoms with Crippen LogP contribution in [0.3, 0.4) is 0 Å². The Balaban J connectivity index is 0.000000107. The largest absolute Gasteiger partial charge is 0.376 e. The Morgan fingerprint density at radius 1 is 1.21 bits per heavy atom. The molecular formula is C10H20N2O2. The molecule has 2 N–H and O–H groups in total. The molecule has 3 saturated heterocycles. The van der Waals surface area contributed by atoms with Crippen LogP contribution in [0.4, 0.5) is 0 Å². The predicted molar refractivity (Wildman–Crippen MR) is 54.4 cm³/mol. The van der Waals surface area contributed by atoms with Crippen molar-refractivity contribution >= 4 is 0 Å². The van der Waals surface area contributed by atoms with Gasteiger partial charge in [-0.15, -0.1) is 0 Å². The van der Waals surface area contributed by atoms with Crippen molar-refractivity contribution in [1.29, 1.82) is 0 Å². The highest BCUT2D eigenvalue weighted by Gasteiger charge is 2.31. The fourth-order valence-corrected chi connectivity index (χ4v) is 1.98. The lowest BCUT2D eigenvalue weighted by Crippen LogP contribution is -2.36. The minimum absolute atomic E-state index is 0.425. The number of nitrogens with one attached hydrogen (secondary N) is 2. The molecule has 4 heteroatoms. The van der Waals surface area contributed by atoms with Crippen LogP contribution in [-0.4, -0.2) is 51.1 Å². The Morgan fingerprint density at radius 2 is 2.14 bits per heavy atom. The van der Waals surface area contributed by atoms with Crippen LogP contribution in [0.25, 0.3) is 0 Å². The summed E-state index contributed by atoms with van der Waals surface area (Å²) in [5, 5.41) is 6.54. The molecule has 3 aliphatic rings. The van der Waals surface area contributed by atoms with Gasteiger partial charge in [0.05, 0.1) is 25.4 Å². The van der Waals surface area contributed by atoms with Crippen molar-refractivity contribution in [3.63, 3.8) is 0 Å². The number of rotatable bonds is 0. The Bertz CT molecular complexity index is 154. The van der Waals surface area contributed by atoms with Gasteiger partial charge in [-0.25, -0.2) is 0 Å². The lowest BCUT2D eigenvalue weighted by molar-refractivity contribution is 0.0410. The maximum Gasteiger partial charge on any atom is 0.0716 e. The maximum atomic E-state index is 5.29. The molecule has 0 aromatic carbocycles. The second-order valence-corrected chi connectivity index (χ2v) is 4.18. The fraction of sp³-hybridized carbons (Fsp3) is 1.00. The van der Waals surface area contributed by atoms with Crippen LogP contribution in [0.1, 0.15) is 13.3 Å². The molecule has 0 spiro atoms. The number of morpholine rings is 2. The summed E-state index contributed by atoms with van der Waals surface area (Å²) in [5.74, 6) is 0. The van der Waals surface area contributed by atoms with E-state index >= 15 is 0 Å². The maximum absolute atomic E-state index is 5.29. The van der Waals surface area contributed by atoms with Crippen molar-refractivity contribution in [2.75, 3.05) is 32.8 Å². The molecule has 3 heterocycles. The molecule has 3 atom stereocenters. The van der Waals surface area contributed by atoms with Crippen LogP contribution in [0, 0.1) is 0 Å². The molecule has 0 amide bonds. The first kappa shape index (κ1) is 10.4. The summed E-state index contributed by atoms with van der Waals surface area (Å²) in [4.78, 5) is 0. The van der Waals surface area contributed by atoms with Gasteiger partial charge in [-0.1, -0.05) is 0 Å². The molecule has 0 aliphatic carbocycles. The number of hydrogen-bond donors (Lipinski definition) is 2. The third-order valence-corrected chi connectivity index (χ3v) is 2.83. The smallest absolute Gasteiger partial charge is 0.0716 e. The van der Waals surface area contributed by atoms with E-state index in [2.05, 4.69) is 17.6 Å². The van der Waals surface area contributed by atoms with E-state index in [-0.39, 0.29) is 0 Å². The van der Waals surface area contributed by atoms with Crippen LogP contribution < -0.4 is 10.6 Å². The molecule has 0 aromatic rings. The van der Waals surface area contributed by atoms with Crippen LogP contribution in [0.2, 0.25) is 0 Å². The van der Waals surface area contributed by atoms with Gasteiger partial charge in [0.15, 0.2) is 0 Å². The molecule has 4 nitrogen and oxygen atoms in total. The standard InChI is InChI=1S/C5H9NO.C5H11NO/c1-4-3-7-5(1)2-6-4;1-5-4-6-2-3-7-5/h4-6H,1-3H2;5-6H,2-4H2,1H3/t4-,5-;5-/m10/s1. The average molecular weight is 200 g/mol. The van der Waals surface area contributed by atoms with Crippen molar-refractivity contribution in [2.24, 2.45) is 0 Å². The van der Waals surface area contributed by atoms with Gasteiger partial charge in [0, 0.05) is 25.7 Å². The first-order chi connectivity index (χ1) is 6.84. The summed E-state index contributed by atoms with van der Waals surface area (Å²) in [7, 11) is 0. The van der Waals surface area contributed by atoms with Crippen molar-refractivity contribution in [2.45, 2.75) is 31.6 Å². The van der Waals surface area contributed by atoms with Crippen LogP contribution in [0.15, 0.2) is 0 Å². The van der Waals surface area contributed by atoms with Crippen molar-refractivity contribution in [3.05, 3.63) is 0 Å². The van der Waals surface area contributed by atoms with E-state index in [0.29, 0.717) is 18.2 Å². The molecule has 0 unspecified atom stereocenters. The van der Waals surface area contributed by atoms with Gasteiger partial charge in [-0.3, -0.25) is 0 Å². The average Bonchev–Trinajstić information content (AvgIpc) is 2.83. The molecule has 3 rings (SSSR count). The summed E-state index contributed by atoms with van der Waals surface area (Å²) < 4.78 is 10.5. The Labute approximate surface area is 85.3 Å². The van der Waals surface area contributed by atoms with Crippen LogP contribution in [0.5, 0.6) is 0 Å². The quantitative estimate of drug-likeness (QED) is 0.565. The topological polar surface area (TPSA) is 42.5 Å². The Hall–Kier alpha value is -0.160. The summed E-state index contributed by atoms with van der Waals surface area (Å²) >= 11 is 0. The zero-order valence-electron chi connectivity index (χ0n) is 8.79. The first-order valence-corrected chi connectivity index (χ1v) is 5.52. The lowest BCUT2D eigenvalue weighted by atomic mass is 10.3. The van der Waals surface area contributed by atoms with Gasteiger partial charge in [0.2, 0.25) is 0 Å². The fourth-order valence-electron chi connectivity index (χ4n) is 1.98. The van der Waals surface area contributed by atoms with E-state index in [0.717, 1.165) is 32.8 Å². The molecule has 3 aliphatic heterocycles. The SMILES string of the molecule is C1O[C@H]2CN[C@@H]1C2.C[C@H]1CNCCO1. The van der Waals surface area contributed by atoms with E-state index in [1.165, 1.54) is 6.42 Å². The molecule has 14 heavy (non-hydrogen) atoms. The van der Waals surface area contributed by atoms with Gasteiger partial charge < -0.3 is 20.1 Å². The monoisotopic (exact) mass is 200 g/mol. The molecule has 82 valence electrons. The molecule has 3 fully saturated rings. The Morgan fingerprint density at radius 3 is 2.36 bits per heavy atom. The second-order valence-electron chi connectivity index (χ2n) is 4.18. The van der Waals surface area contributed by atoms with Crippen LogP contribution in [-0.2, 0) is 9.47 Å². The summed E-state index contributed by atoms with van der Waals surface area (Å²) in [6.45, 7) is 7.02. The van der Waals surface area contributed by atoms with Gasteiger partial charge in [0.1, 0.15) is 0 Å². The third-order valence-electron chi connectivity index (χ3n) is 2.83. The zero-order valence-corrected chi connectivity index (χ0v) is 8.79. The van der Waals surface area contributed by atoms with Crippen molar-refractivity contribution < 1.29 is 9.47 Å². The minimum Gasteiger partial charge on any atom is -0.376 e. The van der Waals surface area contributed by atoms with Gasteiger partial charge >= 0.3 is 0 Å². The van der Waals surface area contributed by atoms with E-state index in [1.54, 1.807) is 0 Å². The highest BCUT2D eigenvalue weighted by atomic mass is 16.5. The molecule has 0 aromatic heterocycles. The molecule has 0 saturated carbocycles. The van der Waals surface area contributed by atoms with Gasteiger partial charge in [-0.2, -0.15) is 0 Å². The number of fused-ring (bicyclic) bond motifs is 2. The van der Waals surface area contributed by atoms with Crippen molar-refractivity contribution in [1.82, 2.24) is 10.6 Å².